The zero-order valence-electron chi connectivity index (χ0n) is 7.31. The molecule has 3 atom stereocenters. The fraction of sp³-hybridized carbons (Fsp3) is 0.778. The Morgan fingerprint density at radius 3 is 2.31 bits per heavy atom. The van der Waals surface area contributed by atoms with Crippen molar-refractivity contribution in [2.45, 2.75) is 12.8 Å². The molecule has 1 N–H and O–H groups in total. The van der Waals surface area contributed by atoms with Crippen molar-refractivity contribution in [3.63, 3.8) is 0 Å². The summed E-state index contributed by atoms with van der Waals surface area (Å²) in [7, 11) is 0. The van der Waals surface area contributed by atoms with Crippen LogP contribution in [0.4, 0.5) is 4.79 Å². The lowest BCUT2D eigenvalue weighted by molar-refractivity contribution is 0.151. The highest BCUT2D eigenvalue weighted by Gasteiger charge is 2.42. The molecule has 2 aliphatic rings. The number of nitriles is 1. The van der Waals surface area contributed by atoms with Gasteiger partial charge in [0.15, 0.2) is 0 Å². The molecule has 1 saturated heterocycles. The largest absolute Gasteiger partial charge is 0.465 e. The molecule has 0 aromatic rings. The highest BCUT2D eigenvalue weighted by atomic mass is 16.4. The molecule has 1 aliphatic carbocycles. The molecule has 2 rings (SSSR count). The molecule has 70 valence electrons. The zero-order valence-corrected chi connectivity index (χ0v) is 7.31. The van der Waals surface area contributed by atoms with E-state index in [1.165, 1.54) is 4.90 Å². The molecular formula is C9H12N2O2. The first-order chi connectivity index (χ1) is 6.20. The van der Waals surface area contributed by atoms with E-state index in [1.807, 2.05) is 0 Å². The van der Waals surface area contributed by atoms with Crippen LogP contribution in [0.3, 0.4) is 0 Å². The van der Waals surface area contributed by atoms with Gasteiger partial charge >= 0.3 is 6.09 Å². The van der Waals surface area contributed by atoms with E-state index in [2.05, 4.69) is 6.07 Å². The molecule has 0 aromatic heterocycles. The molecular weight excluding hydrogens is 168 g/mol. The van der Waals surface area contributed by atoms with Gasteiger partial charge in [0.2, 0.25) is 0 Å². The lowest BCUT2D eigenvalue weighted by atomic mass is 10.0. The Hall–Kier alpha value is -1.24. The number of fused-ring (bicyclic) bond motifs is 1. The van der Waals surface area contributed by atoms with Crippen LogP contribution in [0.25, 0.3) is 0 Å². The Morgan fingerprint density at radius 1 is 1.38 bits per heavy atom. The molecule has 4 nitrogen and oxygen atoms in total. The van der Waals surface area contributed by atoms with Crippen LogP contribution in [0.5, 0.6) is 0 Å². The summed E-state index contributed by atoms with van der Waals surface area (Å²) in [4.78, 5) is 12.1. The molecule has 4 heteroatoms. The van der Waals surface area contributed by atoms with Gasteiger partial charge in [-0.2, -0.15) is 5.26 Å². The summed E-state index contributed by atoms with van der Waals surface area (Å²) in [6, 6.07) is 2.27. The maximum Gasteiger partial charge on any atom is 0.407 e. The van der Waals surface area contributed by atoms with Crippen LogP contribution < -0.4 is 0 Å². The standard InChI is InChI=1S/C9H12N2O2/c10-3-6-1-7-4-11(9(12)13)5-8(7)2-6/h6-8H,1-2,4-5H2,(H,12,13)/t6-,7-,8+. The molecule has 1 amide bonds. The number of carboxylic acid groups (broad SMARTS) is 1. The molecule has 0 radical (unpaired) electrons. The van der Waals surface area contributed by atoms with Gasteiger partial charge in [-0.15, -0.1) is 0 Å². The van der Waals surface area contributed by atoms with Crippen LogP contribution in [-0.2, 0) is 0 Å². The first-order valence-corrected chi connectivity index (χ1v) is 4.58. The molecule has 2 fully saturated rings. The van der Waals surface area contributed by atoms with Gasteiger partial charge in [0.05, 0.1) is 6.07 Å². The van der Waals surface area contributed by atoms with Crippen LogP contribution in [0.2, 0.25) is 0 Å². The Morgan fingerprint density at radius 2 is 1.92 bits per heavy atom. The highest BCUT2D eigenvalue weighted by molar-refractivity contribution is 5.65. The Balaban J connectivity index is 1.98. The fourth-order valence-corrected chi connectivity index (χ4v) is 2.56. The highest BCUT2D eigenvalue weighted by Crippen LogP contribution is 2.40. The zero-order chi connectivity index (χ0) is 9.42. The third-order valence-corrected chi connectivity index (χ3v) is 3.20. The van der Waals surface area contributed by atoms with Gasteiger partial charge in [-0.25, -0.2) is 4.79 Å². The van der Waals surface area contributed by atoms with Crippen molar-refractivity contribution in [1.29, 1.82) is 5.26 Å². The third-order valence-electron chi connectivity index (χ3n) is 3.20. The average molecular weight is 180 g/mol. The van der Waals surface area contributed by atoms with Crippen molar-refractivity contribution in [3.05, 3.63) is 0 Å². The molecule has 0 aromatic carbocycles. The predicted octanol–water partition coefficient (Wildman–Crippen LogP) is 1.15. The van der Waals surface area contributed by atoms with E-state index in [1.54, 1.807) is 0 Å². The molecule has 1 heterocycles. The van der Waals surface area contributed by atoms with E-state index < -0.39 is 6.09 Å². The number of hydrogen-bond donors (Lipinski definition) is 1. The number of likely N-dealkylation sites (tertiary alicyclic amines) is 1. The average Bonchev–Trinajstić information content (AvgIpc) is 2.58. The third kappa shape index (κ3) is 1.35. The summed E-state index contributed by atoms with van der Waals surface area (Å²) in [6.45, 7) is 1.27. The predicted molar refractivity (Wildman–Crippen MR) is 44.9 cm³/mol. The van der Waals surface area contributed by atoms with Crippen molar-refractivity contribution in [1.82, 2.24) is 4.90 Å². The van der Waals surface area contributed by atoms with E-state index >= 15 is 0 Å². The lowest BCUT2D eigenvalue weighted by Gasteiger charge is -2.12. The summed E-state index contributed by atoms with van der Waals surface area (Å²) < 4.78 is 0. The summed E-state index contributed by atoms with van der Waals surface area (Å²) in [5.41, 5.74) is 0. The molecule has 1 saturated carbocycles. The second-order valence-corrected chi connectivity index (χ2v) is 4.01. The van der Waals surface area contributed by atoms with Crippen molar-refractivity contribution in [2.75, 3.05) is 13.1 Å². The summed E-state index contributed by atoms with van der Waals surface area (Å²) in [6.07, 6.45) is 0.971. The number of carbonyl (C=O) groups is 1. The normalized spacial score (nSPS) is 37.2. The molecule has 0 unspecified atom stereocenters. The van der Waals surface area contributed by atoms with Gasteiger partial charge in [0.25, 0.3) is 0 Å². The van der Waals surface area contributed by atoms with E-state index in [4.69, 9.17) is 10.4 Å². The van der Waals surface area contributed by atoms with Crippen molar-refractivity contribution in [2.24, 2.45) is 17.8 Å². The van der Waals surface area contributed by atoms with E-state index in [9.17, 15) is 4.79 Å². The summed E-state index contributed by atoms with van der Waals surface area (Å²) in [5, 5.41) is 17.5. The van der Waals surface area contributed by atoms with Crippen LogP contribution in [0.15, 0.2) is 0 Å². The molecule has 1 aliphatic heterocycles. The van der Waals surface area contributed by atoms with Crippen molar-refractivity contribution >= 4 is 6.09 Å². The van der Waals surface area contributed by atoms with E-state index in [0.29, 0.717) is 24.9 Å². The molecule has 0 spiro atoms. The quantitative estimate of drug-likeness (QED) is 0.608. The van der Waals surface area contributed by atoms with Crippen molar-refractivity contribution < 1.29 is 9.90 Å². The smallest absolute Gasteiger partial charge is 0.407 e. The van der Waals surface area contributed by atoms with E-state index in [-0.39, 0.29) is 5.92 Å². The Labute approximate surface area is 76.8 Å². The van der Waals surface area contributed by atoms with Gasteiger partial charge in [-0.05, 0) is 24.7 Å². The minimum absolute atomic E-state index is 0.172. The number of hydrogen-bond acceptors (Lipinski definition) is 2. The summed E-state index contributed by atoms with van der Waals surface area (Å²) in [5.74, 6) is 1.06. The minimum atomic E-state index is -0.817. The lowest BCUT2D eigenvalue weighted by Crippen LogP contribution is -2.27. The minimum Gasteiger partial charge on any atom is -0.465 e. The number of amides is 1. The maximum absolute atomic E-state index is 10.6. The van der Waals surface area contributed by atoms with Gasteiger partial charge in [0, 0.05) is 19.0 Å². The van der Waals surface area contributed by atoms with Crippen molar-refractivity contribution in [3.8, 4) is 6.07 Å². The second kappa shape index (κ2) is 2.91. The van der Waals surface area contributed by atoms with Crippen LogP contribution in [0, 0.1) is 29.1 Å². The second-order valence-electron chi connectivity index (χ2n) is 4.01. The molecule has 0 bridgehead atoms. The maximum atomic E-state index is 10.6. The van der Waals surface area contributed by atoms with Crippen LogP contribution >= 0.6 is 0 Å². The van der Waals surface area contributed by atoms with Crippen LogP contribution in [0.1, 0.15) is 12.8 Å². The van der Waals surface area contributed by atoms with E-state index in [0.717, 1.165) is 12.8 Å². The fourth-order valence-electron chi connectivity index (χ4n) is 2.56. The van der Waals surface area contributed by atoms with Gasteiger partial charge in [-0.3, -0.25) is 0 Å². The van der Waals surface area contributed by atoms with Crippen LogP contribution in [-0.4, -0.2) is 29.2 Å². The Kier molecular flexibility index (Phi) is 1.87. The van der Waals surface area contributed by atoms with Gasteiger partial charge in [-0.1, -0.05) is 0 Å². The first kappa shape index (κ1) is 8.36. The number of nitrogens with zero attached hydrogens (tertiary/aromatic N) is 2. The topological polar surface area (TPSA) is 64.3 Å². The SMILES string of the molecule is N#C[C@@H]1C[C@@H]2CN(C(=O)O)C[C@@H]2C1. The number of rotatable bonds is 0. The molecule has 13 heavy (non-hydrogen) atoms. The van der Waals surface area contributed by atoms with Gasteiger partial charge in [0.1, 0.15) is 0 Å². The first-order valence-electron chi connectivity index (χ1n) is 4.58. The summed E-state index contributed by atoms with van der Waals surface area (Å²) >= 11 is 0. The Bertz CT molecular complexity index is 257. The monoisotopic (exact) mass is 180 g/mol. The van der Waals surface area contributed by atoms with Gasteiger partial charge < -0.3 is 10.0 Å².